The van der Waals surface area contributed by atoms with Crippen molar-refractivity contribution in [2.24, 2.45) is 0 Å². The molecule has 0 aliphatic heterocycles. The Morgan fingerprint density at radius 3 is 2.54 bits per heavy atom. The van der Waals surface area contributed by atoms with E-state index in [2.05, 4.69) is 0 Å². The molecule has 68 valence electrons. The predicted octanol–water partition coefficient (Wildman–Crippen LogP) is 2.94. The van der Waals surface area contributed by atoms with Gasteiger partial charge >= 0.3 is 0 Å². The van der Waals surface area contributed by atoms with E-state index in [4.69, 9.17) is 5.26 Å². The quantitative estimate of drug-likeness (QED) is 0.682. The molecule has 0 bridgehead atoms. The second-order valence-corrected chi connectivity index (χ2v) is 4.33. The van der Waals surface area contributed by atoms with Gasteiger partial charge in [-0.05, 0) is 11.4 Å². The third-order valence-electron chi connectivity index (χ3n) is 2.33. The maximum Gasteiger partial charge on any atom is 0.251 e. The van der Waals surface area contributed by atoms with Crippen molar-refractivity contribution in [3.63, 3.8) is 0 Å². The van der Waals surface area contributed by atoms with E-state index in [1.807, 2.05) is 11.4 Å². The first-order valence-corrected chi connectivity index (χ1v) is 4.79. The third kappa shape index (κ3) is 1.24. The number of hydrogen-bond donors (Lipinski definition) is 0. The van der Waals surface area contributed by atoms with Crippen molar-refractivity contribution < 1.29 is 8.78 Å². The fraction of sp³-hybridized carbons (Fsp3) is 0.444. The zero-order chi connectivity index (χ0) is 9.53. The molecule has 4 heteroatoms. The van der Waals surface area contributed by atoms with Crippen LogP contribution in [0.3, 0.4) is 0 Å². The molecule has 1 aliphatic rings. The molecule has 2 rings (SSSR count). The van der Waals surface area contributed by atoms with Crippen LogP contribution in [0.4, 0.5) is 8.78 Å². The van der Waals surface area contributed by atoms with Crippen LogP contribution in [0.25, 0.3) is 0 Å². The highest BCUT2D eigenvalue weighted by Crippen LogP contribution is 2.53. The number of alkyl halides is 2. The Labute approximate surface area is 78.6 Å². The first-order chi connectivity index (χ1) is 6.08. The monoisotopic (exact) mass is 199 g/mol. The van der Waals surface area contributed by atoms with E-state index in [1.54, 1.807) is 12.1 Å². The van der Waals surface area contributed by atoms with Crippen LogP contribution in [-0.2, 0) is 5.41 Å². The maximum atomic E-state index is 12.7. The smallest absolute Gasteiger partial charge is 0.207 e. The van der Waals surface area contributed by atoms with Gasteiger partial charge in [0.15, 0.2) is 0 Å². The van der Waals surface area contributed by atoms with Crippen molar-refractivity contribution in [3.05, 3.63) is 22.4 Å². The van der Waals surface area contributed by atoms with E-state index in [9.17, 15) is 8.78 Å². The van der Waals surface area contributed by atoms with Gasteiger partial charge in [0.25, 0.3) is 5.92 Å². The average molecular weight is 199 g/mol. The van der Waals surface area contributed by atoms with Gasteiger partial charge in [-0.1, -0.05) is 6.07 Å². The summed E-state index contributed by atoms with van der Waals surface area (Å²) in [4.78, 5) is 0.765. The molecule has 0 N–H and O–H groups in total. The molecule has 1 nitrogen and oxygen atoms in total. The summed E-state index contributed by atoms with van der Waals surface area (Å²) < 4.78 is 25.3. The number of rotatable bonds is 1. The fourth-order valence-electron chi connectivity index (χ4n) is 1.69. The summed E-state index contributed by atoms with van der Waals surface area (Å²) in [5.41, 5.74) is -0.905. The Balaban J connectivity index is 2.28. The van der Waals surface area contributed by atoms with Crippen molar-refractivity contribution in [3.8, 4) is 6.07 Å². The van der Waals surface area contributed by atoms with Gasteiger partial charge in [0.1, 0.15) is 5.41 Å². The lowest BCUT2D eigenvalue weighted by Crippen LogP contribution is -2.47. The zero-order valence-electron chi connectivity index (χ0n) is 6.76. The van der Waals surface area contributed by atoms with Gasteiger partial charge in [0, 0.05) is 17.7 Å². The van der Waals surface area contributed by atoms with Gasteiger partial charge in [-0.2, -0.15) is 5.26 Å². The van der Waals surface area contributed by atoms with Crippen LogP contribution in [-0.4, -0.2) is 5.92 Å². The summed E-state index contributed by atoms with van der Waals surface area (Å²) in [5.74, 6) is -2.64. The molecule has 0 atom stereocenters. The molecule has 0 aromatic carbocycles. The lowest BCUT2D eigenvalue weighted by atomic mass is 9.66. The Morgan fingerprint density at radius 2 is 2.15 bits per heavy atom. The van der Waals surface area contributed by atoms with Crippen LogP contribution >= 0.6 is 11.3 Å². The largest absolute Gasteiger partial charge is 0.251 e. The molecule has 13 heavy (non-hydrogen) atoms. The highest BCUT2D eigenvalue weighted by molar-refractivity contribution is 7.10. The Bertz CT molecular complexity index is 342. The average Bonchev–Trinajstić information content (AvgIpc) is 2.51. The maximum absolute atomic E-state index is 12.7. The molecular weight excluding hydrogens is 192 g/mol. The van der Waals surface area contributed by atoms with Crippen molar-refractivity contribution >= 4 is 11.3 Å². The predicted molar refractivity (Wildman–Crippen MR) is 45.8 cm³/mol. The van der Waals surface area contributed by atoms with Crippen LogP contribution in [0.2, 0.25) is 0 Å². The Hall–Kier alpha value is -0.950. The molecule has 0 saturated heterocycles. The molecule has 1 aliphatic carbocycles. The van der Waals surface area contributed by atoms with E-state index in [-0.39, 0.29) is 12.8 Å². The van der Waals surface area contributed by atoms with Crippen molar-refractivity contribution in [1.29, 1.82) is 5.26 Å². The molecule has 0 amide bonds. The Morgan fingerprint density at radius 1 is 1.46 bits per heavy atom. The molecular formula is C9H7F2NS. The van der Waals surface area contributed by atoms with E-state index < -0.39 is 11.3 Å². The SMILES string of the molecule is N#CC1(c2cccs2)CC(F)(F)C1. The van der Waals surface area contributed by atoms with E-state index in [1.165, 1.54) is 11.3 Å². The second-order valence-electron chi connectivity index (χ2n) is 3.38. The highest BCUT2D eigenvalue weighted by Gasteiger charge is 2.58. The molecule has 1 heterocycles. The molecule has 1 aromatic heterocycles. The van der Waals surface area contributed by atoms with Gasteiger partial charge in [0.05, 0.1) is 6.07 Å². The van der Waals surface area contributed by atoms with Crippen LogP contribution in [0, 0.1) is 11.3 Å². The number of nitriles is 1. The summed E-state index contributed by atoms with van der Waals surface area (Å²) >= 11 is 1.38. The van der Waals surface area contributed by atoms with E-state index in [0.29, 0.717) is 0 Å². The van der Waals surface area contributed by atoms with Crippen molar-refractivity contribution in [2.75, 3.05) is 0 Å². The topological polar surface area (TPSA) is 23.8 Å². The molecule has 1 saturated carbocycles. The summed E-state index contributed by atoms with van der Waals surface area (Å²) in [6.07, 6.45) is -0.645. The number of nitrogens with zero attached hydrogens (tertiary/aromatic N) is 1. The summed E-state index contributed by atoms with van der Waals surface area (Å²) in [6.45, 7) is 0. The second kappa shape index (κ2) is 2.52. The van der Waals surface area contributed by atoms with Gasteiger partial charge in [-0.25, -0.2) is 8.78 Å². The van der Waals surface area contributed by atoms with E-state index >= 15 is 0 Å². The number of halogens is 2. The molecule has 0 unspecified atom stereocenters. The minimum atomic E-state index is -2.64. The van der Waals surface area contributed by atoms with E-state index in [0.717, 1.165) is 4.88 Å². The van der Waals surface area contributed by atoms with Gasteiger partial charge in [-0.3, -0.25) is 0 Å². The third-order valence-corrected chi connectivity index (χ3v) is 3.40. The van der Waals surface area contributed by atoms with Crippen molar-refractivity contribution in [1.82, 2.24) is 0 Å². The summed E-state index contributed by atoms with van der Waals surface area (Å²) in [7, 11) is 0. The molecule has 1 fully saturated rings. The molecule has 1 aromatic rings. The lowest BCUT2D eigenvalue weighted by molar-refractivity contribution is -0.108. The highest BCUT2D eigenvalue weighted by atomic mass is 32.1. The van der Waals surface area contributed by atoms with Crippen molar-refractivity contribution in [2.45, 2.75) is 24.2 Å². The van der Waals surface area contributed by atoms with Crippen LogP contribution in [0.1, 0.15) is 17.7 Å². The normalized spacial score (nSPS) is 23.2. The first kappa shape index (κ1) is 8.64. The van der Waals surface area contributed by atoms with Gasteiger partial charge < -0.3 is 0 Å². The summed E-state index contributed by atoms with van der Waals surface area (Å²) in [5, 5.41) is 10.7. The first-order valence-electron chi connectivity index (χ1n) is 3.91. The zero-order valence-corrected chi connectivity index (χ0v) is 7.57. The van der Waals surface area contributed by atoms with Crippen LogP contribution < -0.4 is 0 Å². The molecule has 0 spiro atoms. The standard InChI is InChI=1S/C9H7F2NS/c10-9(11)4-8(5-9,6-12)7-2-1-3-13-7/h1-3H,4-5H2. The summed E-state index contributed by atoms with van der Waals surface area (Å²) in [6, 6.07) is 5.54. The minimum Gasteiger partial charge on any atom is -0.207 e. The van der Waals surface area contributed by atoms with Gasteiger partial charge in [0.2, 0.25) is 0 Å². The number of thiophene rings is 1. The van der Waals surface area contributed by atoms with Crippen LogP contribution in [0.15, 0.2) is 17.5 Å². The lowest BCUT2D eigenvalue weighted by Gasteiger charge is -2.41. The van der Waals surface area contributed by atoms with Gasteiger partial charge in [-0.15, -0.1) is 11.3 Å². The van der Waals surface area contributed by atoms with Crippen LogP contribution in [0.5, 0.6) is 0 Å². The Kier molecular flexibility index (Phi) is 1.67. The fourth-order valence-corrected chi connectivity index (χ4v) is 2.57. The number of hydrogen-bond acceptors (Lipinski definition) is 2. The molecule has 0 radical (unpaired) electrons. The minimum absolute atomic E-state index is 0.322.